The Kier molecular flexibility index (Phi) is 2.85. The quantitative estimate of drug-likeness (QED) is 0.728. The van der Waals surface area contributed by atoms with Crippen LogP contribution in [0, 0.1) is 12.7 Å². The molecule has 3 aromatic rings. The molecule has 0 unspecified atom stereocenters. The SMILES string of the molecule is Cc1ccc(-c2noc(-c3csc(C4CC4)n3)n2)cc1F. The summed E-state index contributed by atoms with van der Waals surface area (Å²) >= 11 is 1.63. The van der Waals surface area contributed by atoms with E-state index in [2.05, 4.69) is 15.1 Å². The average Bonchev–Trinajstić information content (AvgIpc) is 3.03. The molecule has 4 rings (SSSR count). The molecule has 2 aromatic heterocycles. The maximum atomic E-state index is 13.6. The van der Waals surface area contributed by atoms with E-state index in [-0.39, 0.29) is 5.82 Å². The van der Waals surface area contributed by atoms with E-state index in [4.69, 9.17) is 4.52 Å². The summed E-state index contributed by atoms with van der Waals surface area (Å²) in [4.78, 5) is 8.84. The minimum atomic E-state index is -0.275. The number of hydrogen-bond acceptors (Lipinski definition) is 5. The molecule has 1 aromatic carbocycles. The highest BCUT2D eigenvalue weighted by molar-refractivity contribution is 7.10. The Labute approximate surface area is 124 Å². The van der Waals surface area contributed by atoms with Crippen molar-refractivity contribution in [2.24, 2.45) is 0 Å². The van der Waals surface area contributed by atoms with Gasteiger partial charge in [0.2, 0.25) is 5.82 Å². The highest BCUT2D eigenvalue weighted by Gasteiger charge is 2.27. The molecule has 1 aliphatic carbocycles. The molecule has 0 amide bonds. The summed E-state index contributed by atoms with van der Waals surface area (Å²) in [6.07, 6.45) is 2.43. The van der Waals surface area contributed by atoms with Crippen LogP contribution in [0.2, 0.25) is 0 Å². The van der Waals surface area contributed by atoms with E-state index >= 15 is 0 Å². The van der Waals surface area contributed by atoms with E-state index in [1.54, 1.807) is 30.4 Å². The number of aromatic nitrogens is 3. The van der Waals surface area contributed by atoms with Gasteiger partial charge in [-0.1, -0.05) is 17.3 Å². The van der Waals surface area contributed by atoms with Gasteiger partial charge in [0.05, 0.1) is 5.01 Å². The highest BCUT2D eigenvalue weighted by atomic mass is 32.1. The van der Waals surface area contributed by atoms with Crippen LogP contribution in [0.5, 0.6) is 0 Å². The van der Waals surface area contributed by atoms with Gasteiger partial charge in [-0.25, -0.2) is 9.37 Å². The molecular formula is C15H12FN3OS. The number of rotatable bonds is 3. The summed E-state index contributed by atoms with van der Waals surface area (Å²) in [5, 5.41) is 6.98. The van der Waals surface area contributed by atoms with E-state index in [0.717, 1.165) is 5.01 Å². The van der Waals surface area contributed by atoms with Crippen LogP contribution in [0.15, 0.2) is 28.1 Å². The normalized spacial score (nSPS) is 14.6. The van der Waals surface area contributed by atoms with Crippen molar-refractivity contribution in [1.29, 1.82) is 0 Å². The number of nitrogens with zero attached hydrogens (tertiary/aromatic N) is 3. The first-order chi connectivity index (χ1) is 10.2. The lowest BCUT2D eigenvalue weighted by molar-refractivity contribution is 0.431. The van der Waals surface area contributed by atoms with Crippen molar-refractivity contribution in [3.63, 3.8) is 0 Å². The monoisotopic (exact) mass is 301 g/mol. The van der Waals surface area contributed by atoms with Gasteiger partial charge in [-0.3, -0.25) is 0 Å². The third-order valence-electron chi connectivity index (χ3n) is 3.52. The first-order valence-corrected chi connectivity index (χ1v) is 7.65. The number of aryl methyl sites for hydroxylation is 1. The average molecular weight is 301 g/mol. The fourth-order valence-corrected chi connectivity index (χ4v) is 3.05. The van der Waals surface area contributed by atoms with Gasteiger partial charge in [0.1, 0.15) is 11.5 Å². The topological polar surface area (TPSA) is 51.8 Å². The molecule has 0 atom stereocenters. The predicted octanol–water partition coefficient (Wildman–Crippen LogP) is 4.19. The maximum absolute atomic E-state index is 13.6. The molecule has 106 valence electrons. The molecule has 0 spiro atoms. The second-order valence-corrected chi connectivity index (χ2v) is 6.12. The lowest BCUT2D eigenvalue weighted by atomic mass is 10.1. The molecule has 1 aliphatic rings. The van der Waals surface area contributed by atoms with E-state index < -0.39 is 0 Å². The fourth-order valence-electron chi connectivity index (χ4n) is 2.08. The predicted molar refractivity (Wildman–Crippen MR) is 77.5 cm³/mol. The van der Waals surface area contributed by atoms with Gasteiger partial charge >= 0.3 is 0 Å². The van der Waals surface area contributed by atoms with Crippen LogP contribution in [0.1, 0.15) is 29.3 Å². The number of benzene rings is 1. The zero-order chi connectivity index (χ0) is 14.4. The summed E-state index contributed by atoms with van der Waals surface area (Å²) in [6, 6.07) is 4.90. The van der Waals surface area contributed by atoms with Crippen molar-refractivity contribution < 1.29 is 8.91 Å². The molecule has 1 fully saturated rings. The highest BCUT2D eigenvalue weighted by Crippen LogP contribution is 2.42. The molecular weight excluding hydrogens is 289 g/mol. The van der Waals surface area contributed by atoms with Crippen molar-refractivity contribution in [2.75, 3.05) is 0 Å². The van der Waals surface area contributed by atoms with Crippen LogP contribution in [0.3, 0.4) is 0 Å². The van der Waals surface area contributed by atoms with Gasteiger partial charge in [-0.05, 0) is 31.4 Å². The van der Waals surface area contributed by atoms with Crippen molar-refractivity contribution in [3.05, 3.63) is 40.0 Å². The Morgan fingerprint density at radius 3 is 2.90 bits per heavy atom. The number of thiazole rings is 1. The number of halogens is 1. The molecule has 6 heteroatoms. The third kappa shape index (κ3) is 2.35. The van der Waals surface area contributed by atoms with Crippen LogP contribution < -0.4 is 0 Å². The first-order valence-electron chi connectivity index (χ1n) is 6.77. The molecule has 0 aliphatic heterocycles. The molecule has 1 saturated carbocycles. The lowest BCUT2D eigenvalue weighted by Crippen LogP contribution is -1.86. The molecule has 0 N–H and O–H groups in total. The Morgan fingerprint density at radius 2 is 2.14 bits per heavy atom. The lowest BCUT2D eigenvalue weighted by Gasteiger charge is -1.97. The van der Waals surface area contributed by atoms with Crippen molar-refractivity contribution in [2.45, 2.75) is 25.7 Å². The van der Waals surface area contributed by atoms with Gasteiger partial charge < -0.3 is 4.52 Å². The summed E-state index contributed by atoms with van der Waals surface area (Å²) in [7, 11) is 0. The smallest absolute Gasteiger partial charge is 0.277 e. The molecule has 4 nitrogen and oxygen atoms in total. The zero-order valence-electron chi connectivity index (χ0n) is 11.3. The summed E-state index contributed by atoms with van der Waals surface area (Å²) in [5.74, 6) is 1.10. The molecule has 0 bridgehead atoms. The Hall–Kier alpha value is -2.08. The Balaban J connectivity index is 1.66. The number of hydrogen-bond donors (Lipinski definition) is 0. The second-order valence-electron chi connectivity index (χ2n) is 5.23. The summed E-state index contributed by atoms with van der Waals surface area (Å²) < 4.78 is 18.8. The maximum Gasteiger partial charge on any atom is 0.277 e. The summed E-state index contributed by atoms with van der Waals surface area (Å²) in [6.45, 7) is 1.72. The zero-order valence-corrected chi connectivity index (χ0v) is 12.2. The molecule has 21 heavy (non-hydrogen) atoms. The standard InChI is InChI=1S/C15H12FN3OS/c1-8-2-3-10(6-11(8)16)13-18-14(20-19-13)12-7-21-15(17-12)9-4-5-9/h2-3,6-7,9H,4-5H2,1H3. The van der Waals surface area contributed by atoms with E-state index in [1.807, 2.05) is 5.38 Å². The van der Waals surface area contributed by atoms with Crippen LogP contribution in [0.25, 0.3) is 23.0 Å². The fraction of sp³-hybridized carbons (Fsp3) is 0.267. The largest absolute Gasteiger partial charge is 0.332 e. The third-order valence-corrected chi connectivity index (χ3v) is 4.53. The van der Waals surface area contributed by atoms with Crippen molar-refractivity contribution in [3.8, 4) is 23.0 Å². The van der Waals surface area contributed by atoms with Crippen molar-refractivity contribution >= 4 is 11.3 Å². The minimum absolute atomic E-state index is 0.275. The second kappa shape index (κ2) is 4.73. The van der Waals surface area contributed by atoms with Crippen LogP contribution >= 0.6 is 11.3 Å². The van der Waals surface area contributed by atoms with Crippen molar-refractivity contribution in [1.82, 2.24) is 15.1 Å². The van der Waals surface area contributed by atoms with E-state index in [9.17, 15) is 4.39 Å². The van der Waals surface area contributed by atoms with Gasteiger partial charge in [0.15, 0.2) is 0 Å². The molecule has 2 heterocycles. The van der Waals surface area contributed by atoms with Crippen LogP contribution in [0.4, 0.5) is 4.39 Å². The van der Waals surface area contributed by atoms with Gasteiger partial charge in [0, 0.05) is 16.9 Å². The Morgan fingerprint density at radius 1 is 1.29 bits per heavy atom. The molecule has 0 saturated heterocycles. The summed E-state index contributed by atoms with van der Waals surface area (Å²) in [5.41, 5.74) is 1.90. The van der Waals surface area contributed by atoms with E-state index in [1.165, 1.54) is 18.9 Å². The van der Waals surface area contributed by atoms with E-state index in [0.29, 0.717) is 34.5 Å². The minimum Gasteiger partial charge on any atom is -0.332 e. The van der Waals surface area contributed by atoms with Gasteiger partial charge in [-0.15, -0.1) is 11.3 Å². The first kappa shape index (κ1) is 12.6. The molecule has 0 radical (unpaired) electrons. The van der Waals surface area contributed by atoms with Crippen LogP contribution in [-0.4, -0.2) is 15.1 Å². The van der Waals surface area contributed by atoms with Crippen LogP contribution in [-0.2, 0) is 0 Å². The van der Waals surface area contributed by atoms with Gasteiger partial charge in [0.25, 0.3) is 5.89 Å². The Bertz CT molecular complexity index is 807. The van der Waals surface area contributed by atoms with Gasteiger partial charge in [-0.2, -0.15) is 4.98 Å².